The molecule has 7 heteroatoms. The van der Waals surface area contributed by atoms with Crippen molar-refractivity contribution in [2.24, 2.45) is 5.92 Å². The first-order valence-corrected chi connectivity index (χ1v) is 10.2. The minimum atomic E-state index is -0.887. The third-order valence-corrected chi connectivity index (χ3v) is 5.23. The van der Waals surface area contributed by atoms with Gasteiger partial charge in [0.05, 0.1) is 0 Å². The molecule has 29 heavy (non-hydrogen) atoms. The Bertz CT molecular complexity index is 682. The standard InChI is InChI=1S/C22H32N2O5/c1-15(2)20(23-22(27)29-13-18-11-6-5-7-12-18)21(26)28-14-19(25)24-16(3)9-8-10-17(24)4/h5-7,11-12,15-17,20H,8-10,13-14H2,1-4H3,(H,23,27)/t16?,17?,20-/m0/s1. The van der Waals surface area contributed by atoms with E-state index in [0.29, 0.717) is 0 Å². The maximum atomic E-state index is 12.5. The van der Waals surface area contributed by atoms with Gasteiger partial charge in [0.2, 0.25) is 0 Å². The molecule has 1 heterocycles. The van der Waals surface area contributed by atoms with E-state index in [2.05, 4.69) is 5.32 Å². The molecule has 1 aliphatic rings. The molecule has 1 aromatic rings. The molecule has 3 atom stereocenters. The Morgan fingerprint density at radius 2 is 1.69 bits per heavy atom. The topological polar surface area (TPSA) is 84.9 Å². The van der Waals surface area contributed by atoms with Crippen LogP contribution in [0.15, 0.2) is 30.3 Å². The first-order chi connectivity index (χ1) is 13.8. The fourth-order valence-electron chi connectivity index (χ4n) is 3.60. The van der Waals surface area contributed by atoms with Crippen LogP contribution in [0.5, 0.6) is 0 Å². The summed E-state index contributed by atoms with van der Waals surface area (Å²) in [5.74, 6) is -1.05. The number of alkyl carbamates (subject to hydrolysis) is 1. The largest absolute Gasteiger partial charge is 0.454 e. The molecule has 0 spiro atoms. The number of carbonyl (C=O) groups is 3. The van der Waals surface area contributed by atoms with Crippen LogP contribution in [0.2, 0.25) is 0 Å². The number of nitrogens with one attached hydrogen (secondary N) is 1. The summed E-state index contributed by atoms with van der Waals surface area (Å²) < 4.78 is 10.4. The molecular formula is C22H32N2O5. The quantitative estimate of drug-likeness (QED) is 0.705. The number of amides is 2. The van der Waals surface area contributed by atoms with Gasteiger partial charge in [0.15, 0.2) is 6.61 Å². The summed E-state index contributed by atoms with van der Waals surface area (Å²) in [6.45, 7) is 7.39. The van der Waals surface area contributed by atoms with Crippen LogP contribution in [-0.2, 0) is 25.7 Å². The van der Waals surface area contributed by atoms with E-state index in [-0.39, 0.29) is 37.1 Å². The summed E-state index contributed by atoms with van der Waals surface area (Å²) in [6.07, 6.45) is 2.30. The Balaban J connectivity index is 1.85. The monoisotopic (exact) mass is 404 g/mol. The van der Waals surface area contributed by atoms with Gasteiger partial charge >= 0.3 is 12.1 Å². The lowest BCUT2D eigenvalue weighted by Crippen LogP contribution is -2.50. The van der Waals surface area contributed by atoms with Gasteiger partial charge in [0.25, 0.3) is 5.91 Å². The summed E-state index contributed by atoms with van der Waals surface area (Å²) >= 11 is 0. The Hall–Kier alpha value is -2.57. The second kappa shape index (κ2) is 10.8. The summed E-state index contributed by atoms with van der Waals surface area (Å²) in [5.41, 5.74) is 0.849. The van der Waals surface area contributed by atoms with Crippen LogP contribution >= 0.6 is 0 Å². The highest BCUT2D eigenvalue weighted by Gasteiger charge is 2.31. The van der Waals surface area contributed by atoms with Gasteiger partial charge < -0.3 is 19.7 Å². The van der Waals surface area contributed by atoms with Crippen molar-refractivity contribution in [3.63, 3.8) is 0 Å². The second-order valence-electron chi connectivity index (χ2n) is 7.97. The number of ether oxygens (including phenoxy) is 2. The maximum absolute atomic E-state index is 12.5. The van der Waals surface area contributed by atoms with E-state index in [9.17, 15) is 14.4 Å². The van der Waals surface area contributed by atoms with Crippen LogP contribution in [-0.4, -0.2) is 47.6 Å². The zero-order valence-corrected chi connectivity index (χ0v) is 17.7. The molecule has 0 radical (unpaired) electrons. The number of nitrogens with zero attached hydrogens (tertiary/aromatic N) is 1. The zero-order valence-electron chi connectivity index (χ0n) is 17.7. The Kier molecular flexibility index (Phi) is 8.49. The van der Waals surface area contributed by atoms with Crippen LogP contribution in [0.3, 0.4) is 0 Å². The Morgan fingerprint density at radius 3 is 2.28 bits per heavy atom. The maximum Gasteiger partial charge on any atom is 0.408 e. The van der Waals surface area contributed by atoms with E-state index >= 15 is 0 Å². The number of esters is 1. The van der Waals surface area contributed by atoms with Crippen molar-refractivity contribution in [1.29, 1.82) is 0 Å². The fourth-order valence-corrected chi connectivity index (χ4v) is 3.60. The van der Waals surface area contributed by atoms with Gasteiger partial charge in [-0.05, 0) is 44.6 Å². The number of hydrogen-bond donors (Lipinski definition) is 1. The number of hydrogen-bond acceptors (Lipinski definition) is 5. The predicted octanol–water partition coefficient (Wildman–Crippen LogP) is 3.27. The molecule has 7 nitrogen and oxygen atoms in total. The van der Waals surface area contributed by atoms with Gasteiger partial charge in [-0.1, -0.05) is 44.2 Å². The molecule has 2 rings (SSSR count). The number of benzene rings is 1. The molecule has 1 fully saturated rings. The summed E-state index contributed by atoms with van der Waals surface area (Å²) in [6, 6.07) is 8.65. The van der Waals surface area contributed by atoms with E-state index in [1.54, 1.807) is 18.7 Å². The van der Waals surface area contributed by atoms with Crippen LogP contribution in [0.4, 0.5) is 4.79 Å². The second-order valence-corrected chi connectivity index (χ2v) is 7.97. The smallest absolute Gasteiger partial charge is 0.408 e. The van der Waals surface area contributed by atoms with Gasteiger partial charge in [-0.3, -0.25) is 4.79 Å². The van der Waals surface area contributed by atoms with Crippen molar-refractivity contribution in [2.45, 2.75) is 71.7 Å². The van der Waals surface area contributed by atoms with Crippen molar-refractivity contribution in [1.82, 2.24) is 10.2 Å². The molecule has 0 bridgehead atoms. The number of piperidine rings is 1. The summed E-state index contributed by atoms with van der Waals surface area (Å²) in [4.78, 5) is 38.9. The zero-order chi connectivity index (χ0) is 21.4. The minimum Gasteiger partial charge on any atom is -0.454 e. The molecule has 0 saturated carbocycles. The SMILES string of the molecule is CC(C)[C@H](NC(=O)OCc1ccccc1)C(=O)OCC(=O)N1C(C)CCCC1C. The van der Waals surface area contributed by atoms with Crippen molar-refractivity contribution in [3.05, 3.63) is 35.9 Å². The van der Waals surface area contributed by atoms with E-state index in [1.165, 1.54) is 0 Å². The molecule has 0 aromatic heterocycles. The summed E-state index contributed by atoms with van der Waals surface area (Å²) in [7, 11) is 0. The lowest BCUT2D eigenvalue weighted by atomic mass is 9.97. The van der Waals surface area contributed by atoms with Crippen LogP contribution in [0.25, 0.3) is 0 Å². The molecule has 1 saturated heterocycles. The average molecular weight is 405 g/mol. The average Bonchev–Trinajstić information content (AvgIpc) is 2.69. The lowest BCUT2D eigenvalue weighted by molar-refractivity contribution is -0.157. The van der Waals surface area contributed by atoms with Gasteiger partial charge in [-0.25, -0.2) is 9.59 Å². The summed E-state index contributed by atoms with van der Waals surface area (Å²) in [5, 5.41) is 2.55. The van der Waals surface area contributed by atoms with Gasteiger partial charge in [0, 0.05) is 12.1 Å². The number of carbonyl (C=O) groups excluding carboxylic acids is 3. The molecule has 1 aromatic carbocycles. The molecule has 1 N–H and O–H groups in total. The first-order valence-electron chi connectivity index (χ1n) is 10.2. The van der Waals surface area contributed by atoms with Crippen LogP contribution in [0, 0.1) is 5.92 Å². The third-order valence-electron chi connectivity index (χ3n) is 5.23. The van der Waals surface area contributed by atoms with Crippen molar-refractivity contribution >= 4 is 18.0 Å². The van der Waals surface area contributed by atoms with Crippen LogP contribution < -0.4 is 5.32 Å². The van der Waals surface area contributed by atoms with Crippen molar-refractivity contribution in [3.8, 4) is 0 Å². The van der Waals surface area contributed by atoms with Gasteiger partial charge in [-0.15, -0.1) is 0 Å². The molecule has 0 aliphatic carbocycles. The molecule has 1 aliphatic heterocycles. The van der Waals surface area contributed by atoms with Gasteiger partial charge in [0.1, 0.15) is 12.6 Å². The Morgan fingerprint density at radius 1 is 1.07 bits per heavy atom. The van der Waals surface area contributed by atoms with Gasteiger partial charge in [-0.2, -0.15) is 0 Å². The normalized spacial score (nSPS) is 20.1. The van der Waals surface area contributed by atoms with Crippen molar-refractivity contribution < 1.29 is 23.9 Å². The van der Waals surface area contributed by atoms with E-state index < -0.39 is 18.1 Å². The Labute approximate surface area is 172 Å². The van der Waals surface area contributed by atoms with Crippen molar-refractivity contribution in [2.75, 3.05) is 6.61 Å². The predicted molar refractivity (Wildman–Crippen MR) is 109 cm³/mol. The molecule has 2 unspecified atom stereocenters. The van der Waals surface area contributed by atoms with Crippen LogP contribution in [0.1, 0.15) is 52.5 Å². The number of likely N-dealkylation sites (tertiary alicyclic amines) is 1. The first kappa shape index (κ1) is 22.7. The highest BCUT2D eigenvalue weighted by atomic mass is 16.6. The number of rotatable bonds is 7. The van der Waals surface area contributed by atoms with E-state index in [1.807, 2.05) is 44.2 Å². The minimum absolute atomic E-state index is 0.107. The molecule has 2 amide bonds. The highest BCUT2D eigenvalue weighted by molar-refractivity contribution is 5.85. The molecule has 160 valence electrons. The lowest BCUT2D eigenvalue weighted by Gasteiger charge is -2.39. The van der Waals surface area contributed by atoms with E-state index in [4.69, 9.17) is 9.47 Å². The fraction of sp³-hybridized carbons (Fsp3) is 0.591. The molecular weight excluding hydrogens is 372 g/mol. The van der Waals surface area contributed by atoms with E-state index in [0.717, 1.165) is 24.8 Å². The highest BCUT2D eigenvalue weighted by Crippen LogP contribution is 2.22. The third kappa shape index (κ3) is 6.76.